The minimum Gasteiger partial charge on any atom is -0.393 e. The lowest BCUT2D eigenvalue weighted by molar-refractivity contribution is 0.0747. The van der Waals surface area contributed by atoms with E-state index in [0.29, 0.717) is 18.0 Å². The summed E-state index contributed by atoms with van der Waals surface area (Å²) >= 11 is 4.79. The summed E-state index contributed by atoms with van der Waals surface area (Å²) in [6.45, 7) is 0.386. The number of halogens is 2. The Labute approximate surface area is 115 Å². The van der Waals surface area contributed by atoms with Crippen molar-refractivity contribution >= 4 is 23.1 Å². The summed E-state index contributed by atoms with van der Waals surface area (Å²) in [5, 5.41) is 0. The number of hydrogen-bond donors (Lipinski definition) is 1. The highest BCUT2D eigenvalue weighted by Crippen LogP contribution is 2.28. The van der Waals surface area contributed by atoms with E-state index in [9.17, 15) is 13.6 Å². The van der Waals surface area contributed by atoms with Gasteiger partial charge in [0.05, 0.1) is 4.99 Å². The third kappa shape index (κ3) is 3.70. The van der Waals surface area contributed by atoms with E-state index in [1.54, 1.807) is 4.90 Å². The summed E-state index contributed by atoms with van der Waals surface area (Å²) in [7, 11) is 0. The Hall–Kier alpha value is -1.56. The average molecular weight is 284 g/mol. The topological polar surface area (TPSA) is 46.3 Å². The van der Waals surface area contributed by atoms with Crippen molar-refractivity contribution in [2.24, 2.45) is 5.73 Å². The largest absolute Gasteiger partial charge is 0.393 e. The number of nitrogens with zero attached hydrogens (tertiary/aromatic N) is 1. The van der Waals surface area contributed by atoms with Gasteiger partial charge < -0.3 is 10.6 Å². The number of amides is 1. The van der Waals surface area contributed by atoms with Crippen molar-refractivity contribution in [3.63, 3.8) is 0 Å². The normalized spacial score (nSPS) is 14.2. The molecule has 0 bridgehead atoms. The molecule has 0 spiro atoms. The summed E-state index contributed by atoms with van der Waals surface area (Å²) in [6.07, 6.45) is 2.22. The van der Waals surface area contributed by atoms with Gasteiger partial charge in [-0.25, -0.2) is 8.78 Å². The molecule has 0 unspecified atom stereocenters. The molecule has 0 aliphatic heterocycles. The molecular weight excluding hydrogens is 270 g/mol. The fraction of sp³-hybridized carbons (Fsp3) is 0.385. The van der Waals surface area contributed by atoms with Crippen LogP contribution in [0, 0.1) is 11.6 Å². The maximum Gasteiger partial charge on any atom is 0.254 e. The number of rotatable bonds is 5. The van der Waals surface area contributed by atoms with E-state index in [2.05, 4.69) is 0 Å². The lowest BCUT2D eigenvalue weighted by Gasteiger charge is -2.22. The van der Waals surface area contributed by atoms with E-state index in [1.165, 1.54) is 0 Å². The second-order valence-electron chi connectivity index (χ2n) is 4.60. The molecule has 0 radical (unpaired) electrons. The van der Waals surface area contributed by atoms with Crippen LogP contribution in [-0.2, 0) is 0 Å². The molecule has 102 valence electrons. The zero-order valence-electron chi connectivity index (χ0n) is 10.2. The van der Waals surface area contributed by atoms with E-state index in [-0.39, 0.29) is 17.5 Å². The van der Waals surface area contributed by atoms with Gasteiger partial charge in [-0.1, -0.05) is 12.2 Å². The summed E-state index contributed by atoms with van der Waals surface area (Å²) in [5.74, 6) is -1.89. The third-order valence-electron chi connectivity index (χ3n) is 2.96. The van der Waals surface area contributed by atoms with Gasteiger partial charge in [0.15, 0.2) is 0 Å². The van der Waals surface area contributed by atoms with Crippen LogP contribution < -0.4 is 5.73 Å². The molecule has 2 rings (SSSR count). The van der Waals surface area contributed by atoms with Crippen LogP contribution in [-0.4, -0.2) is 28.4 Å². The minimum atomic E-state index is -0.756. The molecule has 1 aromatic rings. The molecular formula is C13H14F2N2OS. The summed E-state index contributed by atoms with van der Waals surface area (Å²) in [5.41, 5.74) is 5.44. The first-order valence-electron chi connectivity index (χ1n) is 6.03. The van der Waals surface area contributed by atoms with E-state index < -0.39 is 11.6 Å². The van der Waals surface area contributed by atoms with Gasteiger partial charge in [0, 0.05) is 30.6 Å². The van der Waals surface area contributed by atoms with Crippen LogP contribution in [0.2, 0.25) is 0 Å². The molecule has 0 aromatic heterocycles. The van der Waals surface area contributed by atoms with Gasteiger partial charge in [0.1, 0.15) is 11.6 Å². The molecule has 0 atom stereocenters. The monoisotopic (exact) mass is 284 g/mol. The number of hydrogen-bond acceptors (Lipinski definition) is 2. The maximum atomic E-state index is 13.1. The van der Waals surface area contributed by atoms with E-state index in [1.807, 2.05) is 0 Å². The molecule has 1 amide bonds. The van der Waals surface area contributed by atoms with Crippen molar-refractivity contribution in [1.82, 2.24) is 4.90 Å². The number of carbonyl (C=O) groups is 1. The van der Waals surface area contributed by atoms with Gasteiger partial charge in [0.25, 0.3) is 5.91 Å². The first-order valence-corrected chi connectivity index (χ1v) is 6.43. The molecule has 3 nitrogen and oxygen atoms in total. The van der Waals surface area contributed by atoms with E-state index >= 15 is 0 Å². The number of benzene rings is 1. The molecule has 0 saturated heterocycles. The summed E-state index contributed by atoms with van der Waals surface area (Å²) in [4.78, 5) is 14.2. The van der Waals surface area contributed by atoms with Gasteiger partial charge in [-0.2, -0.15) is 0 Å². The van der Waals surface area contributed by atoms with E-state index in [4.69, 9.17) is 18.0 Å². The highest BCUT2D eigenvalue weighted by Gasteiger charge is 2.33. The molecule has 6 heteroatoms. The molecule has 1 saturated carbocycles. The Morgan fingerprint density at radius 2 is 1.89 bits per heavy atom. The van der Waals surface area contributed by atoms with E-state index in [0.717, 1.165) is 31.0 Å². The zero-order valence-corrected chi connectivity index (χ0v) is 11.1. The molecule has 1 aromatic carbocycles. The Balaban J connectivity index is 2.16. The highest BCUT2D eigenvalue weighted by atomic mass is 32.1. The first kappa shape index (κ1) is 13.9. The van der Waals surface area contributed by atoms with Crippen LogP contribution >= 0.6 is 12.2 Å². The quantitative estimate of drug-likeness (QED) is 0.844. The van der Waals surface area contributed by atoms with Gasteiger partial charge in [-0.05, 0) is 25.0 Å². The number of thiocarbonyl (C=S) groups is 1. The lowest BCUT2D eigenvalue weighted by atomic mass is 10.1. The third-order valence-corrected chi connectivity index (χ3v) is 3.16. The van der Waals surface area contributed by atoms with Gasteiger partial charge in [-0.15, -0.1) is 0 Å². The van der Waals surface area contributed by atoms with Gasteiger partial charge in [0.2, 0.25) is 0 Å². The van der Waals surface area contributed by atoms with Crippen LogP contribution in [0.4, 0.5) is 8.78 Å². The SMILES string of the molecule is NC(=S)CCN(C(=O)c1cc(F)cc(F)c1)C1CC1. The number of nitrogens with two attached hydrogens (primary N) is 1. The van der Waals surface area contributed by atoms with Crippen molar-refractivity contribution < 1.29 is 13.6 Å². The molecule has 2 N–H and O–H groups in total. The van der Waals surface area contributed by atoms with Crippen molar-refractivity contribution in [2.45, 2.75) is 25.3 Å². The second-order valence-corrected chi connectivity index (χ2v) is 5.13. The average Bonchev–Trinajstić information content (AvgIpc) is 3.11. The van der Waals surface area contributed by atoms with Gasteiger partial charge >= 0.3 is 0 Å². The molecule has 0 heterocycles. The Morgan fingerprint density at radius 3 is 2.37 bits per heavy atom. The van der Waals surface area contributed by atoms with Crippen molar-refractivity contribution in [2.75, 3.05) is 6.54 Å². The van der Waals surface area contributed by atoms with Crippen molar-refractivity contribution in [3.8, 4) is 0 Å². The molecule has 1 aliphatic rings. The van der Waals surface area contributed by atoms with Crippen LogP contribution in [0.5, 0.6) is 0 Å². The fourth-order valence-electron chi connectivity index (χ4n) is 1.91. The maximum absolute atomic E-state index is 13.1. The number of carbonyl (C=O) groups excluding carboxylic acids is 1. The van der Waals surface area contributed by atoms with Crippen molar-refractivity contribution in [3.05, 3.63) is 35.4 Å². The lowest BCUT2D eigenvalue weighted by Crippen LogP contribution is -2.35. The Kier molecular flexibility index (Phi) is 4.09. The van der Waals surface area contributed by atoms with Crippen molar-refractivity contribution in [1.29, 1.82) is 0 Å². The van der Waals surface area contributed by atoms with Gasteiger partial charge in [-0.3, -0.25) is 4.79 Å². The zero-order chi connectivity index (χ0) is 14.0. The molecule has 1 fully saturated rings. The molecule has 1 aliphatic carbocycles. The predicted molar refractivity (Wildman–Crippen MR) is 71.8 cm³/mol. The Bertz CT molecular complexity index is 497. The fourth-order valence-corrected chi connectivity index (χ4v) is 2.00. The Morgan fingerprint density at radius 1 is 1.32 bits per heavy atom. The van der Waals surface area contributed by atoms with Crippen LogP contribution in [0.3, 0.4) is 0 Å². The van der Waals surface area contributed by atoms with Crippen LogP contribution in [0.25, 0.3) is 0 Å². The van der Waals surface area contributed by atoms with Crippen LogP contribution in [0.15, 0.2) is 18.2 Å². The highest BCUT2D eigenvalue weighted by molar-refractivity contribution is 7.80. The standard InChI is InChI=1S/C13H14F2N2OS/c14-9-5-8(6-10(15)7-9)13(18)17(11-1-2-11)4-3-12(16)19/h5-7,11H,1-4H2,(H2,16,19). The van der Waals surface area contributed by atoms with Crippen LogP contribution in [0.1, 0.15) is 29.6 Å². The summed E-state index contributed by atoms with van der Waals surface area (Å²) < 4.78 is 26.3. The smallest absolute Gasteiger partial charge is 0.254 e. The predicted octanol–water partition coefficient (Wildman–Crippen LogP) is 2.25. The second kappa shape index (κ2) is 5.61. The first-order chi connectivity index (χ1) is 8.97. The summed E-state index contributed by atoms with van der Waals surface area (Å²) in [6, 6.07) is 2.96. The minimum absolute atomic E-state index is 0.0207. The molecule has 19 heavy (non-hydrogen) atoms.